The van der Waals surface area contributed by atoms with E-state index in [0.29, 0.717) is 18.4 Å². The van der Waals surface area contributed by atoms with Crippen molar-refractivity contribution in [3.8, 4) is 0 Å². The van der Waals surface area contributed by atoms with Gasteiger partial charge >= 0.3 is 6.18 Å². The molecule has 34 heavy (non-hydrogen) atoms. The van der Waals surface area contributed by atoms with E-state index < -0.39 is 35.5 Å². The Balaban J connectivity index is 1.39. The number of rotatable bonds is 3. The molecule has 3 atom stereocenters. The Bertz CT molecular complexity index is 1150. The number of aliphatic hydroxyl groups excluding tert-OH is 2. The summed E-state index contributed by atoms with van der Waals surface area (Å²) in [6.45, 7) is 0.101. The van der Waals surface area contributed by atoms with Gasteiger partial charge in [0.25, 0.3) is 5.91 Å². The molecule has 0 radical (unpaired) electrons. The van der Waals surface area contributed by atoms with Gasteiger partial charge in [0.2, 0.25) is 5.91 Å². The van der Waals surface area contributed by atoms with E-state index in [1.165, 1.54) is 11.1 Å². The second-order valence-corrected chi connectivity index (χ2v) is 9.68. The maximum atomic E-state index is 13.7. The van der Waals surface area contributed by atoms with E-state index in [1.54, 1.807) is 4.90 Å². The summed E-state index contributed by atoms with van der Waals surface area (Å²) in [5.41, 5.74) is -1.21. The van der Waals surface area contributed by atoms with Gasteiger partial charge in [-0.05, 0) is 49.7 Å². The first-order valence-corrected chi connectivity index (χ1v) is 11.7. The Morgan fingerprint density at radius 3 is 2.47 bits per heavy atom. The molecule has 2 amide bonds. The van der Waals surface area contributed by atoms with Crippen LogP contribution in [0.5, 0.6) is 0 Å². The smallest absolute Gasteiger partial charge is 0.390 e. The van der Waals surface area contributed by atoms with Gasteiger partial charge in [-0.1, -0.05) is 11.6 Å². The van der Waals surface area contributed by atoms with Gasteiger partial charge < -0.3 is 20.0 Å². The van der Waals surface area contributed by atoms with Crippen molar-refractivity contribution >= 4 is 29.1 Å². The van der Waals surface area contributed by atoms with Gasteiger partial charge in [0, 0.05) is 25.3 Å². The van der Waals surface area contributed by atoms with E-state index in [1.807, 2.05) is 0 Å². The van der Waals surface area contributed by atoms with Crippen LogP contribution in [-0.4, -0.2) is 79.1 Å². The molecule has 2 aromatic heterocycles. The second kappa shape index (κ2) is 8.39. The van der Waals surface area contributed by atoms with Gasteiger partial charge in [0.1, 0.15) is 11.7 Å². The van der Waals surface area contributed by atoms with E-state index in [2.05, 4.69) is 4.98 Å². The minimum absolute atomic E-state index is 0.0354. The molecular weight excluding hydrogens is 477 g/mol. The zero-order valence-electron chi connectivity index (χ0n) is 18.1. The number of aromatic nitrogens is 2. The van der Waals surface area contributed by atoms with Gasteiger partial charge in [-0.3, -0.25) is 14.0 Å². The standard InChI is InChI=1S/C22H24ClF3N4O4/c23-19-18(27-20-14(22(24,25)26)7-12(9-30(19)20)11-1-2-11)21(34)28-5-6-29(17(33)10-28)13-3-4-15(31)16(32)8-13/h7,9,11,13,15-16,31-32H,1-6,8,10H2/t13?,15-,16+/m1/s1. The molecule has 2 aliphatic carbocycles. The number of amides is 2. The molecule has 0 spiro atoms. The predicted octanol–water partition coefficient (Wildman–Crippen LogP) is 2.44. The molecule has 12 heteroatoms. The number of alkyl halides is 3. The van der Waals surface area contributed by atoms with Crippen LogP contribution in [0.15, 0.2) is 12.3 Å². The fraction of sp³-hybridized carbons (Fsp3) is 0.591. The Morgan fingerprint density at radius 2 is 1.85 bits per heavy atom. The summed E-state index contributed by atoms with van der Waals surface area (Å²) in [6, 6.07) is 0.833. The molecule has 2 N–H and O–H groups in total. The first kappa shape index (κ1) is 23.4. The number of carbonyl (C=O) groups is 2. The molecule has 184 valence electrons. The summed E-state index contributed by atoms with van der Waals surface area (Å²) in [4.78, 5) is 32.7. The summed E-state index contributed by atoms with van der Waals surface area (Å²) >= 11 is 6.35. The summed E-state index contributed by atoms with van der Waals surface area (Å²) in [6.07, 6.45) is -2.13. The molecule has 1 unspecified atom stereocenters. The number of nitrogens with zero attached hydrogens (tertiary/aromatic N) is 4. The van der Waals surface area contributed by atoms with Crippen LogP contribution < -0.4 is 0 Å². The highest BCUT2D eigenvalue weighted by Crippen LogP contribution is 2.43. The molecule has 5 rings (SSSR count). The molecule has 8 nitrogen and oxygen atoms in total. The van der Waals surface area contributed by atoms with Crippen LogP contribution in [0, 0.1) is 0 Å². The fourth-order valence-corrected chi connectivity index (χ4v) is 5.16. The number of pyridine rings is 1. The van der Waals surface area contributed by atoms with Gasteiger partial charge in [-0.15, -0.1) is 0 Å². The van der Waals surface area contributed by atoms with Crippen LogP contribution in [0.4, 0.5) is 13.2 Å². The van der Waals surface area contributed by atoms with Crippen LogP contribution in [0.3, 0.4) is 0 Å². The number of piperazine rings is 1. The van der Waals surface area contributed by atoms with Crippen molar-refractivity contribution in [1.29, 1.82) is 0 Å². The Kier molecular flexibility index (Phi) is 5.77. The van der Waals surface area contributed by atoms with E-state index in [0.717, 1.165) is 23.3 Å². The average molecular weight is 501 g/mol. The molecule has 3 fully saturated rings. The quantitative estimate of drug-likeness (QED) is 0.674. The lowest BCUT2D eigenvalue weighted by molar-refractivity contribution is -0.141. The van der Waals surface area contributed by atoms with E-state index >= 15 is 0 Å². The van der Waals surface area contributed by atoms with Crippen molar-refractivity contribution in [2.24, 2.45) is 0 Å². The SMILES string of the molecule is O=C(c1nc2c(C(F)(F)F)cc(C3CC3)cn2c1Cl)N1CCN(C2CC[C@@H](O)[C@@H](O)C2)C(=O)C1. The minimum atomic E-state index is -4.67. The third kappa shape index (κ3) is 4.14. The molecular formula is C22H24ClF3N4O4. The minimum Gasteiger partial charge on any atom is -0.390 e. The number of carbonyl (C=O) groups excluding carboxylic acids is 2. The van der Waals surface area contributed by atoms with E-state index in [9.17, 15) is 33.0 Å². The topological polar surface area (TPSA) is 98.4 Å². The van der Waals surface area contributed by atoms with Crippen LogP contribution >= 0.6 is 11.6 Å². The summed E-state index contributed by atoms with van der Waals surface area (Å²) in [5, 5.41) is 19.4. The molecule has 1 aliphatic heterocycles. The Hall–Kier alpha value is -2.37. The highest BCUT2D eigenvalue weighted by atomic mass is 35.5. The number of hydrogen-bond donors (Lipinski definition) is 2. The van der Waals surface area contributed by atoms with E-state index in [-0.39, 0.29) is 54.8 Å². The molecule has 0 bridgehead atoms. The highest BCUT2D eigenvalue weighted by molar-refractivity contribution is 6.33. The van der Waals surface area contributed by atoms with Crippen LogP contribution in [0.25, 0.3) is 5.65 Å². The van der Waals surface area contributed by atoms with Crippen LogP contribution in [-0.2, 0) is 11.0 Å². The van der Waals surface area contributed by atoms with Gasteiger partial charge in [-0.2, -0.15) is 13.2 Å². The maximum absolute atomic E-state index is 13.7. The first-order chi connectivity index (χ1) is 16.0. The third-order valence-electron chi connectivity index (χ3n) is 6.98. The monoisotopic (exact) mass is 500 g/mol. The molecule has 3 heterocycles. The van der Waals surface area contributed by atoms with Crippen molar-refractivity contribution in [1.82, 2.24) is 19.2 Å². The number of halogens is 4. The number of fused-ring (bicyclic) bond motifs is 1. The van der Waals surface area contributed by atoms with Crippen molar-refractivity contribution < 1.29 is 33.0 Å². The lowest BCUT2D eigenvalue weighted by Crippen LogP contribution is -2.57. The van der Waals surface area contributed by atoms with Crippen molar-refractivity contribution in [2.45, 2.75) is 62.4 Å². The number of hydrogen-bond acceptors (Lipinski definition) is 5. The van der Waals surface area contributed by atoms with Gasteiger partial charge in [0.05, 0.1) is 17.8 Å². The molecule has 1 saturated heterocycles. The van der Waals surface area contributed by atoms with Crippen molar-refractivity contribution in [3.63, 3.8) is 0 Å². The number of imidazole rings is 1. The Morgan fingerprint density at radius 1 is 1.12 bits per heavy atom. The van der Waals surface area contributed by atoms with Gasteiger partial charge in [0.15, 0.2) is 11.3 Å². The van der Waals surface area contributed by atoms with Gasteiger partial charge in [-0.25, -0.2) is 4.98 Å². The number of aliphatic hydroxyl groups is 2. The maximum Gasteiger partial charge on any atom is 0.419 e. The van der Waals surface area contributed by atoms with Crippen LogP contribution in [0.1, 0.15) is 59.6 Å². The molecule has 3 aliphatic rings. The predicted molar refractivity (Wildman–Crippen MR) is 114 cm³/mol. The lowest BCUT2D eigenvalue weighted by atomic mass is 9.89. The van der Waals surface area contributed by atoms with Crippen LogP contribution in [0.2, 0.25) is 5.15 Å². The normalized spacial score (nSPS) is 26.4. The molecule has 2 saturated carbocycles. The Labute approximate surface area is 197 Å². The largest absolute Gasteiger partial charge is 0.419 e. The first-order valence-electron chi connectivity index (χ1n) is 11.3. The summed E-state index contributed by atoms with van der Waals surface area (Å²) in [7, 11) is 0. The highest BCUT2D eigenvalue weighted by Gasteiger charge is 2.40. The fourth-order valence-electron chi connectivity index (χ4n) is 4.91. The third-order valence-corrected chi connectivity index (χ3v) is 7.34. The summed E-state index contributed by atoms with van der Waals surface area (Å²) in [5.74, 6) is -1.00. The molecule has 2 aromatic rings. The second-order valence-electron chi connectivity index (χ2n) is 9.32. The zero-order valence-corrected chi connectivity index (χ0v) is 18.9. The summed E-state index contributed by atoms with van der Waals surface area (Å²) < 4.78 is 42.3. The van der Waals surface area contributed by atoms with Crippen molar-refractivity contribution in [3.05, 3.63) is 34.2 Å². The molecule has 0 aromatic carbocycles. The van der Waals surface area contributed by atoms with E-state index in [4.69, 9.17) is 11.6 Å². The zero-order chi connectivity index (χ0) is 24.4. The lowest BCUT2D eigenvalue weighted by Gasteiger charge is -2.42. The van der Waals surface area contributed by atoms with Crippen molar-refractivity contribution in [2.75, 3.05) is 19.6 Å². The average Bonchev–Trinajstić information content (AvgIpc) is 3.58.